The molecule has 0 saturated carbocycles. The summed E-state index contributed by atoms with van der Waals surface area (Å²) in [5, 5.41) is 2.91. The summed E-state index contributed by atoms with van der Waals surface area (Å²) in [6.07, 6.45) is 3.45. The van der Waals surface area contributed by atoms with Gasteiger partial charge in [-0.05, 0) is 55.8 Å². The number of benzene rings is 1. The van der Waals surface area contributed by atoms with Crippen molar-refractivity contribution in [3.8, 4) is 0 Å². The van der Waals surface area contributed by atoms with Gasteiger partial charge in [-0.2, -0.15) is 0 Å². The second-order valence-electron chi connectivity index (χ2n) is 4.25. The lowest BCUT2D eigenvalue weighted by Crippen LogP contribution is -2.24. The van der Waals surface area contributed by atoms with Gasteiger partial charge in [0.2, 0.25) is 5.91 Å². The lowest BCUT2D eigenvalue weighted by molar-refractivity contribution is -0.121. The second kappa shape index (κ2) is 10.3. The standard InChI is InChI=1S/C14H21BrN2OS/c15-12-5-7-13(8-6-12)19-11-3-4-14(18)17-10-2-1-9-16/h5-8H,1-4,9-11,16H2,(H,17,18). The Bertz CT molecular complexity index is 370. The molecule has 0 saturated heterocycles. The molecule has 0 heterocycles. The van der Waals surface area contributed by atoms with Gasteiger partial charge in [-0.1, -0.05) is 15.9 Å². The van der Waals surface area contributed by atoms with Crippen molar-refractivity contribution in [3.05, 3.63) is 28.7 Å². The van der Waals surface area contributed by atoms with Crippen LogP contribution in [0, 0.1) is 0 Å². The van der Waals surface area contributed by atoms with Crippen LogP contribution in [0.4, 0.5) is 0 Å². The number of hydrogen-bond acceptors (Lipinski definition) is 3. The van der Waals surface area contributed by atoms with Crippen molar-refractivity contribution in [1.82, 2.24) is 5.32 Å². The van der Waals surface area contributed by atoms with E-state index < -0.39 is 0 Å². The van der Waals surface area contributed by atoms with Crippen molar-refractivity contribution in [3.63, 3.8) is 0 Å². The number of nitrogens with two attached hydrogens (primary N) is 1. The number of nitrogens with one attached hydrogen (secondary N) is 1. The first-order chi connectivity index (χ1) is 9.22. The van der Waals surface area contributed by atoms with Crippen molar-refractivity contribution < 1.29 is 4.79 Å². The van der Waals surface area contributed by atoms with Gasteiger partial charge in [-0.25, -0.2) is 0 Å². The van der Waals surface area contributed by atoms with Gasteiger partial charge in [0, 0.05) is 22.3 Å². The van der Waals surface area contributed by atoms with Crippen LogP contribution in [0.5, 0.6) is 0 Å². The van der Waals surface area contributed by atoms with E-state index in [0.717, 1.165) is 36.0 Å². The number of rotatable bonds is 9. The summed E-state index contributed by atoms with van der Waals surface area (Å²) in [7, 11) is 0. The van der Waals surface area contributed by atoms with E-state index >= 15 is 0 Å². The number of halogens is 1. The van der Waals surface area contributed by atoms with Gasteiger partial charge >= 0.3 is 0 Å². The number of amides is 1. The molecule has 3 N–H and O–H groups in total. The van der Waals surface area contributed by atoms with E-state index in [2.05, 4.69) is 33.4 Å². The van der Waals surface area contributed by atoms with E-state index in [0.29, 0.717) is 13.0 Å². The van der Waals surface area contributed by atoms with Gasteiger partial charge in [0.25, 0.3) is 0 Å². The van der Waals surface area contributed by atoms with E-state index in [1.807, 2.05) is 12.1 Å². The van der Waals surface area contributed by atoms with Crippen molar-refractivity contribution in [2.75, 3.05) is 18.8 Å². The third kappa shape index (κ3) is 8.29. The minimum atomic E-state index is 0.147. The van der Waals surface area contributed by atoms with Crippen LogP contribution in [0.25, 0.3) is 0 Å². The van der Waals surface area contributed by atoms with E-state index in [1.54, 1.807) is 11.8 Å². The zero-order valence-electron chi connectivity index (χ0n) is 11.0. The molecule has 0 spiro atoms. The summed E-state index contributed by atoms with van der Waals surface area (Å²) in [4.78, 5) is 12.7. The molecule has 1 amide bonds. The Labute approximate surface area is 127 Å². The largest absolute Gasteiger partial charge is 0.356 e. The Kier molecular flexibility index (Phi) is 8.95. The minimum Gasteiger partial charge on any atom is -0.356 e. The quantitative estimate of drug-likeness (QED) is 0.534. The highest BCUT2D eigenvalue weighted by Crippen LogP contribution is 2.21. The zero-order valence-corrected chi connectivity index (χ0v) is 13.4. The molecular formula is C14H21BrN2OS. The van der Waals surface area contributed by atoms with Crippen LogP contribution in [-0.2, 0) is 4.79 Å². The predicted octanol–water partition coefficient (Wildman–Crippen LogP) is 3.18. The van der Waals surface area contributed by atoms with Crippen molar-refractivity contribution >= 4 is 33.6 Å². The van der Waals surface area contributed by atoms with Gasteiger partial charge < -0.3 is 11.1 Å². The highest BCUT2D eigenvalue weighted by atomic mass is 79.9. The third-order valence-electron chi connectivity index (χ3n) is 2.58. The SMILES string of the molecule is NCCCCNC(=O)CCCSc1ccc(Br)cc1. The molecule has 0 radical (unpaired) electrons. The van der Waals surface area contributed by atoms with Gasteiger partial charge in [-0.3, -0.25) is 4.79 Å². The van der Waals surface area contributed by atoms with Crippen LogP contribution in [0.2, 0.25) is 0 Å². The van der Waals surface area contributed by atoms with E-state index in [4.69, 9.17) is 5.73 Å². The maximum absolute atomic E-state index is 11.5. The lowest BCUT2D eigenvalue weighted by Gasteiger charge is -2.05. The molecule has 0 aliphatic rings. The zero-order chi connectivity index (χ0) is 13.9. The molecule has 0 bridgehead atoms. The molecule has 1 aromatic rings. The smallest absolute Gasteiger partial charge is 0.220 e. The molecule has 19 heavy (non-hydrogen) atoms. The number of thioether (sulfide) groups is 1. The fraction of sp³-hybridized carbons (Fsp3) is 0.500. The summed E-state index contributed by atoms with van der Waals surface area (Å²) in [6, 6.07) is 8.24. The average molecular weight is 345 g/mol. The highest BCUT2D eigenvalue weighted by molar-refractivity contribution is 9.10. The highest BCUT2D eigenvalue weighted by Gasteiger charge is 2.01. The molecule has 0 unspecified atom stereocenters. The Hall–Kier alpha value is -0.520. The fourth-order valence-electron chi connectivity index (χ4n) is 1.54. The van der Waals surface area contributed by atoms with E-state index in [1.165, 1.54) is 4.90 Å². The Morgan fingerprint density at radius 2 is 1.95 bits per heavy atom. The molecule has 0 aromatic heterocycles. The molecule has 0 fully saturated rings. The summed E-state index contributed by atoms with van der Waals surface area (Å²) >= 11 is 5.20. The topological polar surface area (TPSA) is 55.1 Å². The van der Waals surface area contributed by atoms with Crippen molar-refractivity contribution in [1.29, 1.82) is 0 Å². The summed E-state index contributed by atoms with van der Waals surface area (Å²) in [6.45, 7) is 1.44. The summed E-state index contributed by atoms with van der Waals surface area (Å²) in [5.41, 5.74) is 5.39. The molecule has 0 atom stereocenters. The number of carbonyl (C=O) groups excluding carboxylic acids is 1. The molecular weight excluding hydrogens is 324 g/mol. The van der Waals surface area contributed by atoms with Gasteiger partial charge in [0.15, 0.2) is 0 Å². The minimum absolute atomic E-state index is 0.147. The van der Waals surface area contributed by atoms with Crippen molar-refractivity contribution in [2.45, 2.75) is 30.6 Å². The molecule has 106 valence electrons. The molecule has 0 aliphatic heterocycles. The lowest BCUT2D eigenvalue weighted by atomic mass is 10.3. The van der Waals surface area contributed by atoms with Gasteiger partial charge in [-0.15, -0.1) is 11.8 Å². The molecule has 0 aliphatic carbocycles. The maximum Gasteiger partial charge on any atom is 0.220 e. The van der Waals surface area contributed by atoms with Crippen molar-refractivity contribution in [2.24, 2.45) is 5.73 Å². The monoisotopic (exact) mass is 344 g/mol. The van der Waals surface area contributed by atoms with Crippen LogP contribution < -0.4 is 11.1 Å². The fourth-order valence-corrected chi connectivity index (χ4v) is 2.66. The summed E-state index contributed by atoms with van der Waals surface area (Å²) < 4.78 is 1.09. The van der Waals surface area contributed by atoms with Crippen LogP contribution in [0.3, 0.4) is 0 Å². The van der Waals surface area contributed by atoms with Gasteiger partial charge in [0.1, 0.15) is 0 Å². The Morgan fingerprint density at radius 1 is 1.21 bits per heavy atom. The van der Waals surface area contributed by atoms with Crippen LogP contribution in [-0.4, -0.2) is 24.7 Å². The van der Waals surface area contributed by atoms with E-state index in [9.17, 15) is 4.79 Å². The molecule has 1 aromatic carbocycles. The maximum atomic E-state index is 11.5. The second-order valence-corrected chi connectivity index (χ2v) is 6.34. The third-order valence-corrected chi connectivity index (χ3v) is 4.21. The first kappa shape index (κ1) is 16.5. The van der Waals surface area contributed by atoms with Crippen LogP contribution in [0.15, 0.2) is 33.6 Å². The molecule has 1 rings (SSSR count). The predicted molar refractivity (Wildman–Crippen MR) is 85.4 cm³/mol. The molecule has 3 nitrogen and oxygen atoms in total. The average Bonchev–Trinajstić information content (AvgIpc) is 2.42. The Balaban J connectivity index is 2.03. The van der Waals surface area contributed by atoms with Gasteiger partial charge in [0.05, 0.1) is 0 Å². The first-order valence-corrected chi connectivity index (χ1v) is 8.35. The normalized spacial score (nSPS) is 10.4. The first-order valence-electron chi connectivity index (χ1n) is 6.57. The number of hydrogen-bond donors (Lipinski definition) is 2. The Morgan fingerprint density at radius 3 is 2.63 bits per heavy atom. The van der Waals surface area contributed by atoms with E-state index in [-0.39, 0.29) is 5.91 Å². The number of carbonyl (C=O) groups is 1. The number of unbranched alkanes of at least 4 members (excludes halogenated alkanes) is 1. The van der Waals surface area contributed by atoms with Crippen LogP contribution >= 0.6 is 27.7 Å². The van der Waals surface area contributed by atoms with Crippen LogP contribution in [0.1, 0.15) is 25.7 Å². The summed E-state index contributed by atoms with van der Waals surface area (Å²) in [5.74, 6) is 1.12. The molecule has 5 heteroatoms.